The highest BCUT2D eigenvalue weighted by atomic mass is 15.0. The number of hydrogen-bond donors (Lipinski definition) is 1. The number of rotatable bonds is 2. The molecule has 0 atom stereocenters. The zero-order valence-corrected chi connectivity index (χ0v) is 8.70. The summed E-state index contributed by atoms with van der Waals surface area (Å²) < 4.78 is 2.30. The van der Waals surface area contributed by atoms with Gasteiger partial charge in [0.2, 0.25) is 0 Å². The molecular weight excluding hydrogens is 172 g/mol. The molecule has 0 aliphatic rings. The summed E-state index contributed by atoms with van der Waals surface area (Å²) in [6.07, 6.45) is 0. The molecule has 0 saturated carbocycles. The normalized spacial score (nSPS) is 11.4. The van der Waals surface area contributed by atoms with Crippen LogP contribution < -0.4 is 5.73 Å². The highest BCUT2D eigenvalue weighted by molar-refractivity contribution is 5.81. The maximum Gasteiger partial charge on any atom is 0.0485 e. The van der Waals surface area contributed by atoms with E-state index in [9.17, 15) is 0 Å². The van der Waals surface area contributed by atoms with Crippen molar-refractivity contribution in [1.82, 2.24) is 4.57 Å². The first-order chi connectivity index (χ1) is 6.74. The molecule has 0 saturated heterocycles. The van der Waals surface area contributed by atoms with Gasteiger partial charge in [-0.05, 0) is 31.4 Å². The first-order valence-electron chi connectivity index (χ1n) is 5.03. The van der Waals surface area contributed by atoms with E-state index in [1.807, 2.05) is 0 Å². The van der Waals surface area contributed by atoms with Crippen LogP contribution in [0, 0.1) is 0 Å². The summed E-state index contributed by atoms with van der Waals surface area (Å²) in [5.74, 6) is 0. The molecule has 0 radical (unpaired) electrons. The number of para-hydroxylation sites is 1. The summed E-state index contributed by atoms with van der Waals surface area (Å²) in [4.78, 5) is 0. The van der Waals surface area contributed by atoms with E-state index in [-0.39, 0.29) is 0 Å². The molecule has 2 N–H and O–H groups in total. The molecule has 74 valence electrons. The molecule has 0 fully saturated rings. The van der Waals surface area contributed by atoms with Crippen molar-refractivity contribution < 1.29 is 0 Å². The lowest BCUT2D eigenvalue weighted by molar-refractivity contribution is 0.595. The first-order valence-corrected chi connectivity index (χ1v) is 5.03. The smallest absolute Gasteiger partial charge is 0.0485 e. The maximum absolute atomic E-state index is 5.73. The Balaban J connectivity index is 2.74. The van der Waals surface area contributed by atoms with Crippen molar-refractivity contribution in [3.63, 3.8) is 0 Å². The minimum atomic E-state index is 0.466. The number of fused-ring (bicyclic) bond motifs is 1. The van der Waals surface area contributed by atoms with Crippen molar-refractivity contribution in [2.24, 2.45) is 5.73 Å². The SMILES string of the molecule is CC(C)n1c(CN)cc2ccccc21. The van der Waals surface area contributed by atoms with Gasteiger partial charge in [0.05, 0.1) is 0 Å². The average molecular weight is 188 g/mol. The zero-order valence-electron chi connectivity index (χ0n) is 8.70. The minimum Gasteiger partial charge on any atom is -0.341 e. The number of aromatic nitrogens is 1. The van der Waals surface area contributed by atoms with Crippen LogP contribution in [-0.2, 0) is 6.54 Å². The summed E-state index contributed by atoms with van der Waals surface area (Å²) in [5, 5.41) is 1.28. The van der Waals surface area contributed by atoms with Crippen LogP contribution in [0.1, 0.15) is 25.6 Å². The van der Waals surface area contributed by atoms with Gasteiger partial charge in [0, 0.05) is 23.8 Å². The lowest BCUT2D eigenvalue weighted by Crippen LogP contribution is -2.08. The molecule has 0 aliphatic heterocycles. The molecule has 2 aromatic rings. The van der Waals surface area contributed by atoms with E-state index >= 15 is 0 Å². The second-order valence-electron chi connectivity index (χ2n) is 3.86. The van der Waals surface area contributed by atoms with E-state index in [1.165, 1.54) is 16.6 Å². The van der Waals surface area contributed by atoms with E-state index < -0.39 is 0 Å². The van der Waals surface area contributed by atoms with Gasteiger partial charge in [0.15, 0.2) is 0 Å². The van der Waals surface area contributed by atoms with Gasteiger partial charge in [-0.2, -0.15) is 0 Å². The van der Waals surface area contributed by atoms with Gasteiger partial charge in [-0.1, -0.05) is 18.2 Å². The van der Waals surface area contributed by atoms with Crippen molar-refractivity contribution in [1.29, 1.82) is 0 Å². The van der Waals surface area contributed by atoms with Crippen LogP contribution >= 0.6 is 0 Å². The highest BCUT2D eigenvalue weighted by Crippen LogP contribution is 2.23. The van der Waals surface area contributed by atoms with Gasteiger partial charge in [-0.15, -0.1) is 0 Å². The quantitative estimate of drug-likeness (QED) is 0.771. The Hall–Kier alpha value is -1.28. The Kier molecular flexibility index (Phi) is 2.30. The second kappa shape index (κ2) is 3.46. The second-order valence-corrected chi connectivity index (χ2v) is 3.86. The third kappa shape index (κ3) is 1.32. The summed E-state index contributed by atoms with van der Waals surface area (Å²) in [7, 11) is 0. The van der Waals surface area contributed by atoms with Crippen molar-refractivity contribution >= 4 is 10.9 Å². The topological polar surface area (TPSA) is 30.9 Å². The zero-order chi connectivity index (χ0) is 10.1. The lowest BCUT2D eigenvalue weighted by atomic mass is 10.2. The third-order valence-corrected chi connectivity index (χ3v) is 2.55. The van der Waals surface area contributed by atoms with E-state index in [1.54, 1.807) is 0 Å². The molecule has 0 aliphatic carbocycles. The Morgan fingerprint density at radius 3 is 2.64 bits per heavy atom. The van der Waals surface area contributed by atoms with Crippen LogP contribution in [0.25, 0.3) is 10.9 Å². The molecule has 2 heteroatoms. The molecule has 0 unspecified atom stereocenters. The average Bonchev–Trinajstić information content (AvgIpc) is 2.55. The summed E-state index contributed by atoms with van der Waals surface area (Å²) >= 11 is 0. The molecule has 0 spiro atoms. The van der Waals surface area contributed by atoms with Crippen molar-refractivity contribution in [3.05, 3.63) is 36.0 Å². The van der Waals surface area contributed by atoms with Gasteiger partial charge in [-0.3, -0.25) is 0 Å². The van der Waals surface area contributed by atoms with Crippen LogP contribution in [0.15, 0.2) is 30.3 Å². The predicted molar refractivity (Wildman–Crippen MR) is 60.2 cm³/mol. The van der Waals surface area contributed by atoms with E-state index in [2.05, 4.69) is 48.7 Å². The lowest BCUT2D eigenvalue weighted by Gasteiger charge is -2.13. The first kappa shape index (κ1) is 9.28. The van der Waals surface area contributed by atoms with E-state index in [0.29, 0.717) is 12.6 Å². The number of nitrogens with zero attached hydrogens (tertiary/aromatic N) is 1. The fourth-order valence-electron chi connectivity index (χ4n) is 2.00. The third-order valence-electron chi connectivity index (χ3n) is 2.55. The molecule has 0 amide bonds. The van der Waals surface area contributed by atoms with Gasteiger partial charge >= 0.3 is 0 Å². The maximum atomic E-state index is 5.73. The summed E-state index contributed by atoms with van der Waals surface area (Å²) in [5.41, 5.74) is 8.22. The monoisotopic (exact) mass is 188 g/mol. The van der Waals surface area contributed by atoms with Crippen LogP contribution in [0.3, 0.4) is 0 Å². The number of nitrogens with two attached hydrogens (primary N) is 1. The van der Waals surface area contributed by atoms with Crippen LogP contribution in [0.2, 0.25) is 0 Å². The molecule has 1 heterocycles. The highest BCUT2D eigenvalue weighted by Gasteiger charge is 2.08. The summed E-state index contributed by atoms with van der Waals surface area (Å²) in [6.45, 7) is 4.98. The van der Waals surface area contributed by atoms with Gasteiger partial charge in [0.25, 0.3) is 0 Å². The Labute approximate surface area is 84.3 Å². The Morgan fingerprint density at radius 2 is 2.00 bits per heavy atom. The van der Waals surface area contributed by atoms with E-state index in [0.717, 1.165) is 0 Å². The van der Waals surface area contributed by atoms with Crippen LogP contribution in [0.4, 0.5) is 0 Å². The predicted octanol–water partition coefficient (Wildman–Crippen LogP) is 2.68. The number of hydrogen-bond acceptors (Lipinski definition) is 1. The Bertz CT molecular complexity index is 441. The largest absolute Gasteiger partial charge is 0.341 e. The van der Waals surface area contributed by atoms with Crippen LogP contribution in [0.5, 0.6) is 0 Å². The molecule has 0 bridgehead atoms. The molecule has 1 aromatic heterocycles. The van der Waals surface area contributed by atoms with Crippen LogP contribution in [-0.4, -0.2) is 4.57 Å². The fourth-order valence-corrected chi connectivity index (χ4v) is 2.00. The van der Waals surface area contributed by atoms with Gasteiger partial charge in [0.1, 0.15) is 0 Å². The standard InChI is InChI=1S/C12H16N2/c1-9(2)14-11(8-13)7-10-5-3-4-6-12(10)14/h3-7,9H,8,13H2,1-2H3. The molecular formula is C12H16N2. The number of benzene rings is 1. The van der Waals surface area contributed by atoms with E-state index in [4.69, 9.17) is 5.73 Å². The van der Waals surface area contributed by atoms with Gasteiger partial charge < -0.3 is 10.3 Å². The fraction of sp³-hybridized carbons (Fsp3) is 0.333. The van der Waals surface area contributed by atoms with Crippen molar-refractivity contribution in [2.45, 2.75) is 26.4 Å². The Morgan fingerprint density at radius 1 is 1.29 bits per heavy atom. The van der Waals surface area contributed by atoms with Crippen molar-refractivity contribution in [3.8, 4) is 0 Å². The minimum absolute atomic E-state index is 0.466. The molecule has 1 aromatic carbocycles. The van der Waals surface area contributed by atoms with Crippen molar-refractivity contribution in [2.75, 3.05) is 0 Å². The molecule has 14 heavy (non-hydrogen) atoms. The summed E-state index contributed by atoms with van der Waals surface area (Å²) in [6, 6.07) is 11.1. The van der Waals surface area contributed by atoms with Gasteiger partial charge in [-0.25, -0.2) is 0 Å². The molecule has 2 nitrogen and oxygen atoms in total. The molecule has 2 rings (SSSR count).